The van der Waals surface area contributed by atoms with E-state index in [-0.39, 0.29) is 18.6 Å². The summed E-state index contributed by atoms with van der Waals surface area (Å²) in [6.07, 6.45) is -3.44. The van der Waals surface area contributed by atoms with Crippen LogP contribution >= 0.6 is 0 Å². The number of ether oxygens (including phenoxy) is 1. The molecule has 2 aromatic carbocycles. The number of carbonyl (C=O) groups is 1. The lowest BCUT2D eigenvalue weighted by molar-refractivity contribution is -0.137. The summed E-state index contributed by atoms with van der Waals surface area (Å²) < 4.78 is 43.6. The second-order valence-electron chi connectivity index (χ2n) is 6.08. The molecule has 0 saturated heterocycles. The molecule has 1 amide bonds. The van der Waals surface area contributed by atoms with Crippen LogP contribution in [0, 0.1) is 0 Å². The van der Waals surface area contributed by atoms with Crippen LogP contribution in [-0.2, 0) is 17.6 Å². The molecule has 0 bridgehead atoms. The van der Waals surface area contributed by atoms with Crippen molar-refractivity contribution in [3.63, 3.8) is 0 Å². The van der Waals surface area contributed by atoms with E-state index < -0.39 is 11.7 Å². The first kappa shape index (κ1) is 19.8. The van der Waals surface area contributed by atoms with Crippen molar-refractivity contribution in [1.82, 2.24) is 0 Å². The lowest BCUT2D eigenvalue weighted by atomic mass is 10.1. The summed E-state index contributed by atoms with van der Waals surface area (Å²) in [5, 5.41) is 2.75. The summed E-state index contributed by atoms with van der Waals surface area (Å²) in [7, 11) is 0. The molecule has 0 spiro atoms. The van der Waals surface area contributed by atoms with Gasteiger partial charge >= 0.3 is 6.18 Å². The highest BCUT2D eigenvalue weighted by Crippen LogP contribution is 2.29. The number of hydrogen-bond donors (Lipinski definition) is 2. The second-order valence-corrected chi connectivity index (χ2v) is 6.08. The Bertz CT molecular complexity index is 728. The van der Waals surface area contributed by atoms with E-state index in [2.05, 4.69) is 5.32 Å². The first-order valence-electron chi connectivity index (χ1n) is 8.18. The van der Waals surface area contributed by atoms with Gasteiger partial charge in [0, 0.05) is 18.2 Å². The predicted molar refractivity (Wildman–Crippen MR) is 93.7 cm³/mol. The Morgan fingerprint density at radius 2 is 1.88 bits per heavy atom. The molecule has 2 rings (SSSR count). The minimum Gasteiger partial charge on any atom is -0.489 e. The Hall–Kier alpha value is -2.54. The van der Waals surface area contributed by atoms with Crippen LogP contribution in [0.5, 0.6) is 5.75 Å². The summed E-state index contributed by atoms with van der Waals surface area (Å²) in [5.41, 5.74) is 5.95. The number of anilines is 1. The number of nitrogens with two attached hydrogens (primary N) is 1. The van der Waals surface area contributed by atoms with Crippen LogP contribution in [0.25, 0.3) is 0 Å². The average molecular weight is 366 g/mol. The number of rotatable bonds is 7. The van der Waals surface area contributed by atoms with Gasteiger partial charge in [-0.15, -0.1) is 0 Å². The van der Waals surface area contributed by atoms with Crippen molar-refractivity contribution in [3.05, 3.63) is 59.7 Å². The maximum Gasteiger partial charge on any atom is 0.416 e. The van der Waals surface area contributed by atoms with Crippen molar-refractivity contribution in [2.75, 3.05) is 5.32 Å². The fourth-order valence-electron chi connectivity index (χ4n) is 2.22. The molecule has 26 heavy (non-hydrogen) atoms. The van der Waals surface area contributed by atoms with Crippen LogP contribution in [-0.4, -0.2) is 11.9 Å². The smallest absolute Gasteiger partial charge is 0.416 e. The predicted octanol–water partition coefficient (Wildman–Crippen LogP) is 4.35. The third kappa shape index (κ3) is 6.40. The van der Waals surface area contributed by atoms with E-state index in [0.717, 1.165) is 12.1 Å². The third-order valence-electron chi connectivity index (χ3n) is 3.62. The van der Waals surface area contributed by atoms with E-state index in [1.54, 1.807) is 30.3 Å². The molecular formula is C19H21F3N2O2. The molecule has 0 radical (unpaired) electrons. The van der Waals surface area contributed by atoms with Gasteiger partial charge in [-0.05, 0) is 55.3 Å². The quantitative estimate of drug-likeness (QED) is 0.766. The number of nitrogens with one attached hydrogen (secondary N) is 1. The molecule has 140 valence electrons. The zero-order valence-electron chi connectivity index (χ0n) is 14.3. The van der Waals surface area contributed by atoms with E-state index >= 15 is 0 Å². The van der Waals surface area contributed by atoms with E-state index in [1.165, 1.54) is 6.07 Å². The highest BCUT2D eigenvalue weighted by atomic mass is 19.4. The van der Waals surface area contributed by atoms with Gasteiger partial charge in [0.2, 0.25) is 5.91 Å². The monoisotopic (exact) mass is 366 g/mol. The molecule has 0 aliphatic heterocycles. The van der Waals surface area contributed by atoms with Gasteiger partial charge in [-0.2, -0.15) is 13.2 Å². The van der Waals surface area contributed by atoms with Crippen molar-refractivity contribution in [1.29, 1.82) is 0 Å². The third-order valence-corrected chi connectivity index (χ3v) is 3.62. The lowest BCUT2D eigenvalue weighted by Crippen LogP contribution is -2.19. The molecule has 0 aliphatic carbocycles. The Labute approximate surface area is 150 Å². The van der Waals surface area contributed by atoms with Crippen LogP contribution in [0.1, 0.15) is 30.9 Å². The summed E-state index contributed by atoms with van der Waals surface area (Å²) in [5.74, 6) is 0.371. The highest BCUT2D eigenvalue weighted by molar-refractivity contribution is 5.90. The second kappa shape index (κ2) is 8.71. The maximum absolute atomic E-state index is 12.7. The number of alkyl halides is 3. The number of amides is 1. The first-order chi connectivity index (χ1) is 12.2. The van der Waals surface area contributed by atoms with Crippen LogP contribution in [0.4, 0.5) is 18.9 Å². The minimum absolute atomic E-state index is 0.0179. The Morgan fingerprint density at radius 3 is 2.50 bits per heavy atom. The van der Waals surface area contributed by atoms with Gasteiger partial charge in [0.05, 0.1) is 5.56 Å². The zero-order valence-corrected chi connectivity index (χ0v) is 14.3. The molecule has 0 aliphatic rings. The van der Waals surface area contributed by atoms with Crippen molar-refractivity contribution < 1.29 is 22.7 Å². The van der Waals surface area contributed by atoms with Gasteiger partial charge in [0.1, 0.15) is 12.4 Å². The number of hydrogen-bond acceptors (Lipinski definition) is 3. The standard InChI is InChI=1S/C19H21F3N2O2/c1-13(23)5-10-18(25)24-16-6-8-17(9-7-16)26-12-14-3-2-4-15(11-14)19(20,21)22/h2-4,6-9,11,13H,5,10,12,23H2,1H3,(H,24,25). The molecule has 2 aromatic rings. The summed E-state index contributed by atoms with van der Waals surface area (Å²) in [6.45, 7) is 1.85. The molecule has 0 aromatic heterocycles. The van der Waals surface area contributed by atoms with Gasteiger partial charge in [-0.25, -0.2) is 0 Å². The van der Waals surface area contributed by atoms with E-state index in [1.807, 2.05) is 6.92 Å². The Balaban J connectivity index is 1.89. The van der Waals surface area contributed by atoms with Crippen LogP contribution < -0.4 is 15.8 Å². The number of halogens is 3. The fourth-order valence-corrected chi connectivity index (χ4v) is 2.22. The van der Waals surface area contributed by atoms with Crippen molar-refractivity contribution in [2.24, 2.45) is 5.73 Å². The summed E-state index contributed by atoms with van der Waals surface area (Å²) in [4.78, 5) is 11.7. The largest absolute Gasteiger partial charge is 0.489 e. The highest BCUT2D eigenvalue weighted by Gasteiger charge is 2.30. The molecular weight excluding hydrogens is 345 g/mol. The molecule has 0 saturated carbocycles. The molecule has 0 fully saturated rings. The topological polar surface area (TPSA) is 64.4 Å². The normalized spacial score (nSPS) is 12.5. The van der Waals surface area contributed by atoms with Gasteiger partial charge in [-0.1, -0.05) is 12.1 Å². The van der Waals surface area contributed by atoms with Gasteiger partial charge in [0.15, 0.2) is 0 Å². The fraction of sp³-hybridized carbons (Fsp3) is 0.316. The molecule has 1 atom stereocenters. The Kier molecular flexibility index (Phi) is 6.63. The molecule has 4 nitrogen and oxygen atoms in total. The number of carbonyl (C=O) groups excluding carboxylic acids is 1. The van der Waals surface area contributed by atoms with Crippen LogP contribution in [0.15, 0.2) is 48.5 Å². The molecule has 1 unspecified atom stereocenters. The minimum atomic E-state index is -4.38. The molecule has 3 N–H and O–H groups in total. The van der Waals surface area contributed by atoms with E-state index in [4.69, 9.17) is 10.5 Å². The summed E-state index contributed by atoms with van der Waals surface area (Å²) >= 11 is 0. The first-order valence-corrected chi connectivity index (χ1v) is 8.18. The molecule has 0 heterocycles. The SMILES string of the molecule is CC(N)CCC(=O)Nc1ccc(OCc2cccc(C(F)(F)F)c2)cc1. The Morgan fingerprint density at radius 1 is 1.19 bits per heavy atom. The van der Waals surface area contributed by atoms with E-state index in [0.29, 0.717) is 29.8 Å². The zero-order chi connectivity index (χ0) is 19.2. The maximum atomic E-state index is 12.7. The van der Waals surface area contributed by atoms with Gasteiger partial charge < -0.3 is 15.8 Å². The van der Waals surface area contributed by atoms with Gasteiger partial charge in [-0.3, -0.25) is 4.79 Å². The van der Waals surface area contributed by atoms with Crippen LogP contribution in [0.2, 0.25) is 0 Å². The van der Waals surface area contributed by atoms with Gasteiger partial charge in [0.25, 0.3) is 0 Å². The average Bonchev–Trinajstić information content (AvgIpc) is 2.59. The van der Waals surface area contributed by atoms with Crippen molar-refractivity contribution in [2.45, 2.75) is 38.6 Å². The van der Waals surface area contributed by atoms with Crippen LogP contribution in [0.3, 0.4) is 0 Å². The van der Waals surface area contributed by atoms with Crippen molar-refractivity contribution in [3.8, 4) is 5.75 Å². The number of benzene rings is 2. The molecule has 7 heteroatoms. The van der Waals surface area contributed by atoms with E-state index in [9.17, 15) is 18.0 Å². The van der Waals surface area contributed by atoms with Crippen molar-refractivity contribution >= 4 is 11.6 Å². The lowest BCUT2D eigenvalue weighted by Gasteiger charge is -2.11. The summed E-state index contributed by atoms with van der Waals surface area (Å²) in [6, 6.07) is 11.6.